The molecule has 0 atom stereocenters. The summed E-state index contributed by atoms with van der Waals surface area (Å²) in [4.78, 5) is 43.3. The lowest BCUT2D eigenvalue weighted by molar-refractivity contribution is 0.0935. The Balaban J connectivity index is 0.000000164. The number of hydrogen-bond acceptors (Lipinski definition) is 23. The van der Waals surface area contributed by atoms with Crippen molar-refractivity contribution < 1.29 is 42.1 Å². The van der Waals surface area contributed by atoms with Gasteiger partial charge in [-0.2, -0.15) is 24.5 Å². The van der Waals surface area contributed by atoms with E-state index in [1.54, 1.807) is 57.9 Å². The van der Waals surface area contributed by atoms with Gasteiger partial charge in [-0.1, -0.05) is 71.2 Å². The van der Waals surface area contributed by atoms with Gasteiger partial charge in [-0.3, -0.25) is 15.6 Å². The number of benzene rings is 3. The molecule has 0 bridgehead atoms. The normalized spacial score (nSPS) is 10.4. The number of halogens is 3. The second-order valence-corrected chi connectivity index (χ2v) is 17.4. The predicted molar refractivity (Wildman–Crippen MR) is 304 cm³/mol. The van der Waals surface area contributed by atoms with E-state index in [-0.39, 0.29) is 45.0 Å². The number of nitrogens with one attached hydrogen (secondary N) is 2. The molecule has 0 radical (unpaired) electrons. The molecule has 0 saturated carbocycles. The number of carbonyl (C=O) groups is 1. The van der Waals surface area contributed by atoms with Crippen LogP contribution < -0.4 is 62.2 Å². The van der Waals surface area contributed by atoms with E-state index in [1.807, 2.05) is 72.8 Å². The fraction of sp³-hybridized carbons (Fsp3) is 0.170. The molecule has 10 rings (SSSR count). The van der Waals surface area contributed by atoms with Crippen LogP contribution in [0.4, 0.5) is 29.6 Å². The lowest BCUT2D eigenvalue weighted by Crippen LogP contribution is -2.29. The zero-order valence-electron chi connectivity index (χ0n) is 43.5. The summed E-state index contributed by atoms with van der Waals surface area (Å²) < 4.78 is 44.0. The summed E-state index contributed by atoms with van der Waals surface area (Å²) in [5, 5.41) is 5.08. The van der Waals surface area contributed by atoms with Gasteiger partial charge >= 0.3 is 5.91 Å². The van der Waals surface area contributed by atoms with Gasteiger partial charge in [0.25, 0.3) is 0 Å². The van der Waals surface area contributed by atoms with Crippen LogP contribution in [0.15, 0.2) is 143 Å². The highest BCUT2D eigenvalue weighted by Gasteiger charge is 2.14. The lowest BCUT2D eigenvalue weighted by Gasteiger charge is -2.10. The number of anilines is 5. The molecule has 0 unspecified atom stereocenters. The van der Waals surface area contributed by atoms with Gasteiger partial charge < -0.3 is 60.2 Å². The van der Waals surface area contributed by atoms with Crippen LogP contribution in [0.1, 0.15) is 27.2 Å². The highest BCUT2D eigenvalue weighted by molar-refractivity contribution is 6.33. The summed E-state index contributed by atoms with van der Waals surface area (Å²) in [6.45, 7) is 1.36. The van der Waals surface area contributed by atoms with Gasteiger partial charge in [-0.25, -0.2) is 19.9 Å². The average molecular weight is 1160 g/mol. The summed E-state index contributed by atoms with van der Waals surface area (Å²) in [5.74, 6) is 4.98. The second kappa shape index (κ2) is 29.8. The van der Waals surface area contributed by atoms with Crippen LogP contribution in [-0.4, -0.2) is 96.5 Å². The Bertz CT molecular complexity index is 3480. The standard InChI is InChI=1S/C18H19N5O4.C18H17N5O3.C13H14ClN3O2.C4H3Cl2N3/c1-25-13-6-4-12(5-7-13)8-10-27-16-11-15(20-18(19)21-16)22-23-17(24)14-3-2-9-26-14;1-24-13-6-4-12(5-7-13)8-10-26-16-11-15-20-17(14-3-2-9-25-14)22-23(15)18(19)21-16;1-18-10-4-2-9(3-5-10)6-7-19-12-8-11(14)16-13(15)17-12;5-2-1-3(6)9-4(7)8-2/h2-7,9,11H,8,10H2,1H3,(H,23,24)(H3,19,20,21,22);2-7,9,11H,8,10H2,1H3,(H2,19,21);2-5,8H,6-7H2,1H3,(H2,15,16,17);1H,(H2,7,8,9). The van der Waals surface area contributed by atoms with E-state index < -0.39 is 5.91 Å². The quantitative estimate of drug-likeness (QED) is 0.0327. The Morgan fingerprint density at radius 3 is 1.44 bits per heavy atom. The molecule has 0 saturated heterocycles. The minimum Gasteiger partial charge on any atom is -0.497 e. The summed E-state index contributed by atoms with van der Waals surface area (Å²) >= 11 is 16.6. The minimum atomic E-state index is -0.445. The van der Waals surface area contributed by atoms with Crippen molar-refractivity contribution >= 4 is 76.0 Å². The van der Waals surface area contributed by atoms with Crippen LogP contribution in [0.2, 0.25) is 15.5 Å². The number of amides is 1. The first-order valence-electron chi connectivity index (χ1n) is 24.1. The van der Waals surface area contributed by atoms with Gasteiger partial charge in [0, 0.05) is 43.5 Å². The van der Waals surface area contributed by atoms with Crippen molar-refractivity contribution in [1.82, 2.24) is 54.9 Å². The van der Waals surface area contributed by atoms with Crippen molar-refractivity contribution in [2.75, 3.05) is 69.5 Å². The Morgan fingerprint density at radius 1 is 0.531 bits per heavy atom. The molecule has 7 aromatic heterocycles. The monoisotopic (exact) mass is 1160 g/mol. The predicted octanol–water partition coefficient (Wildman–Crippen LogP) is 8.34. The number of ether oxygens (including phenoxy) is 6. The van der Waals surface area contributed by atoms with Crippen LogP contribution in [0.25, 0.3) is 17.2 Å². The number of rotatable bonds is 19. The summed E-state index contributed by atoms with van der Waals surface area (Å²) in [5.41, 5.74) is 31.3. The number of nitrogens with zero attached hydrogens (tertiary/aromatic N) is 10. The highest BCUT2D eigenvalue weighted by Crippen LogP contribution is 2.22. The number of carbonyl (C=O) groups excluding carboxylic acids is 1. The molecular formula is C53H53Cl3N16O9. The molecule has 420 valence electrons. The molecule has 3 aromatic carbocycles. The summed E-state index contributed by atoms with van der Waals surface area (Å²) in [6.07, 6.45) is 5.15. The molecule has 0 aliphatic rings. The van der Waals surface area contributed by atoms with Crippen molar-refractivity contribution in [3.63, 3.8) is 0 Å². The smallest absolute Gasteiger partial charge is 0.305 e. The maximum Gasteiger partial charge on any atom is 0.305 e. The molecule has 0 aliphatic carbocycles. The summed E-state index contributed by atoms with van der Waals surface area (Å²) in [6, 6.07) is 36.3. The number of nitrogens with two attached hydrogens (primary N) is 4. The first kappa shape index (κ1) is 58.8. The molecule has 81 heavy (non-hydrogen) atoms. The number of furan rings is 2. The number of hydrazine groups is 1. The topological polar surface area (TPSA) is 347 Å². The maximum atomic E-state index is 11.8. The van der Waals surface area contributed by atoms with E-state index in [1.165, 1.54) is 29.0 Å². The third-order valence-corrected chi connectivity index (χ3v) is 11.2. The van der Waals surface area contributed by atoms with Crippen LogP contribution in [0, 0.1) is 0 Å². The van der Waals surface area contributed by atoms with Gasteiger partial charge in [0.2, 0.25) is 47.3 Å². The molecule has 10 N–H and O–H groups in total. The molecule has 0 fully saturated rings. The van der Waals surface area contributed by atoms with Gasteiger partial charge in [-0.05, 0) is 77.4 Å². The molecule has 7 heterocycles. The second-order valence-electron chi connectivity index (χ2n) is 16.2. The van der Waals surface area contributed by atoms with E-state index in [0.29, 0.717) is 66.9 Å². The lowest BCUT2D eigenvalue weighted by atomic mass is 10.1. The third kappa shape index (κ3) is 18.9. The molecule has 1 amide bonds. The number of methoxy groups -OCH3 is 3. The van der Waals surface area contributed by atoms with Crippen molar-refractivity contribution in [3.8, 4) is 46.5 Å². The number of aromatic nitrogens is 10. The first-order valence-corrected chi connectivity index (χ1v) is 25.2. The summed E-state index contributed by atoms with van der Waals surface area (Å²) in [7, 11) is 4.91. The zero-order chi connectivity index (χ0) is 57.5. The van der Waals surface area contributed by atoms with E-state index >= 15 is 0 Å². The molecule has 0 spiro atoms. The first-order chi connectivity index (χ1) is 39.2. The SMILES string of the molecule is COc1ccc(CCOc2cc(Cl)nc(N)n2)cc1.COc1ccc(CCOc2cc(NNC(=O)c3ccco3)nc(N)n2)cc1.COc1ccc(CCOc2cc3nc(-c4ccco4)nn3c(N)n2)cc1.Nc1nc(Cl)cc(Cl)n1. The number of hydrogen-bond donors (Lipinski definition) is 6. The van der Waals surface area contributed by atoms with E-state index in [9.17, 15) is 4.79 Å². The van der Waals surface area contributed by atoms with Gasteiger partial charge in [-0.15, -0.1) is 5.10 Å². The minimum absolute atomic E-state index is 0.0201. The average Bonchev–Trinajstić information content (AvgIpc) is 4.32. The van der Waals surface area contributed by atoms with Gasteiger partial charge in [0.15, 0.2) is 23.0 Å². The molecular weight excluding hydrogens is 1110 g/mol. The maximum absolute atomic E-state index is 11.8. The third-order valence-electron chi connectivity index (χ3n) is 10.6. The van der Waals surface area contributed by atoms with E-state index in [4.69, 9.17) is 95.0 Å². The van der Waals surface area contributed by atoms with E-state index in [0.717, 1.165) is 46.8 Å². The Morgan fingerprint density at radius 2 is 0.988 bits per heavy atom. The van der Waals surface area contributed by atoms with Crippen molar-refractivity contribution in [2.45, 2.75) is 19.3 Å². The van der Waals surface area contributed by atoms with Gasteiger partial charge in [0.05, 0.1) is 53.7 Å². The highest BCUT2D eigenvalue weighted by atomic mass is 35.5. The number of fused-ring (bicyclic) bond motifs is 1. The van der Waals surface area contributed by atoms with Crippen LogP contribution >= 0.6 is 34.8 Å². The van der Waals surface area contributed by atoms with Crippen molar-refractivity contribution in [1.29, 1.82) is 0 Å². The fourth-order valence-corrected chi connectivity index (χ4v) is 7.35. The fourth-order valence-electron chi connectivity index (χ4n) is 6.74. The Hall–Kier alpha value is -9.85. The van der Waals surface area contributed by atoms with Crippen LogP contribution in [-0.2, 0) is 19.3 Å². The largest absolute Gasteiger partial charge is 0.497 e. The van der Waals surface area contributed by atoms with E-state index in [2.05, 4.69) is 55.8 Å². The molecule has 25 nitrogen and oxygen atoms in total. The Kier molecular flexibility index (Phi) is 21.6. The molecule has 0 aliphatic heterocycles. The van der Waals surface area contributed by atoms with Crippen LogP contribution in [0.3, 0.4) is 0 Å². The number of nitrogen functional groups attached to an aromatic ring is 4. The molecule has 10 aromatic rings. The van der Waals surface area contributed by atoms with Crippen LogP contribution in [0.5, 0.6) is 34.9 Å². The Labute approximate surface area is 477 Å². The molecule has 28 heteroatoms. The zero-order valence-corrected chi connectivity index (χ0v) is 45.8. The van der Waals surface area contributed by atoms with Gasteiger partial charge in [0.1, 0.15) is 32.7 Å². The van der Waals surface area contributed by atoms with Crippen molar-refractivity contribution in [3.05, 3.63) is 172 Å². The van der Waals surface area contributed by atoms with Crippen molar-refractivity contribution in [2.24, 2.45) is 0 Å².